The van der Waals surface area contributed by atoms with Crippen molar-refractivity contribution in [3.05, 3.63) is 53.6 Å². The molecule has 0 N–H and O–H groups in total. The summed E-state index contributed by atoms with van der Waals surface area (Å²) >= 11 is 0. The van der Waals surface area contributed by atoms with Gasteiger partial charge >= 0.3 is 0 Å². The molecule has 0 amide bonds. The van der Waals surface area contributed by atoms with Gasteiger partial charge in [-0.1, -0.05) is 73.8 Å². The Kier molecular flexibility index (Phi) is 4.75. The van der Waals surface area contributed by atoms with Crippen LogP contribution in [0.5, 0.6) is 0 Å². The Balaban J connectivity index is 2.69. The van der Waals surface area contributed by atoms with E-state index in [2.05, 4.69) is 75.1 Å². The van der Waals surface area contributed by atoms with E-state index in [9.17, 15) is 0 Å². The van der Waals surface area contributed by atoms with E-state index in [4.69, 9.17) is 0 Å². The summed E-state index contributed by atoms with van der Waals surface area (Å²) in [7, 11) is -0.999. The highest BCUT2D eigenvalue weighted by atomic mass is 28.3. The lowest BCUT2D eigenvalue weighted by Gasteiger charge is -2.16. The molecule has 16 heavy (non-hydrogen) atoms. The molecule has 1 aromatic rings. The van der Waals surface area contributed by atoms with Crippen molar-refractivity contribution < 1.29 is 0 Å². The van der Waals surface area contributed by atoms with E-state index in [0.29, 0.717) is 0 Å². The third kappa shape index (κ3) is 5.13. The molecule has 1 rings (SSSR count). The summed E-state index contributed by atoms with van der Waals surface area (Å²) in [5.41, 5.74) is 2.74. The summed E-state index contributed by atoms with van der Waals surface area (Å²) in [6.07, 6.45) is 6.70. The van der Waals surface area contributed by atoms with Crippen LogP contribution in [-0.2, 0) is 0 Å². The van der Waals surface area contributed by atoms with Crippen molar-refractivity contribution in [2.75, 3.05) is 0 Å². The highest BCUT2D eigenvalue weighted by Gasteiger charge is 2.13. The van der Waals surface area contributed by atoms with Gasteiger partial charge in [0.15, 0.2) is 0 Å². The van der Waals surface area contributed by atoms with Crippen LogP contribution < -0.4 is 0 Å². The fraction of sp³-hybridized carbons (Fsp3) is 0.333. The zero-order chi connectivity index (χ0) is 12.0. The van der Waals surface area contributed by atoms with Gasteiger partial charge in [-0.2, -0.15) is 0 Å². The lowest BCUT2D eigenvalue weighted by molar-refractivity contribution is 1.38. The van der Waals surface area contributed by atoms with Gasteiger partial charge in [-0.3, -0.25) is 0 Å². The third-order valence-corrected chi connectivity index (χ3v) is 3.86. The minimum atomic E-state index is -0.999. The van der Waals surface area contributed by atoms with Crippen LogP contribution in [0.25, 0.3) is 6.08 Å². The average molecular weight is 230 g/mol. The quantitative estimate of drug-likeness (QED) is 0.505. The second kappa shape index (κ2) is 5.85. The van der Waals surface area contributed by atoms with E-state index in [-0.39, 0.29) is 0 Å². The first-order valence-corrected chi connectivity index (χ1v) is 9.60. The van der Waals surface area contributed by atoms with Crippen molar-refractivity contribution >= 4 is 14.1 Å². The molecule has 0 fully saturated rings. The topological polar surface area (TPSA) is 0 Å². The molecule has 0 unspecified atom stereocenters. The molecule has 1 aromatic carbocycles. The minimum Gasteiger partial charge on any atom is -0.0847 e. The molecule has 0 aliphatic carbocycles. The lowest BCUT2D eigenvalue weighted by Crippen LogP contribution is -2.19. The normalized spacial score (nSPS) is 13.4. The van der Waals surface area contributed by atoms with E-state index in [1.165, 1.54) is 17.2 Å². The Labute approximate surface area is 101 Å². The maximum Gasteiger partial charge on any atom is 0.0486 e. The highest BCUT2D eigenvalue weighted by Crippen LogP contribution is 2.18. The fourth-order valence-corrected chi connectivity index (χ4v) is 3.18. The summed E-state index contributed by atoms with van der Waals surface area (Å²) in [6, 6.07) is 11.7. The standard InChI is InChI=1S/C15H22Si/c1-5-14(13-16(2,3)4)11-12-15-9-7-6-8-10-15/h5-12H,13H2,1-4H3/b12-11+,14-5-. The zero-order valence-electron chi connectivity index (χ0n) is 10.8. The molecule has 0 atom stereocenters. The first kappa shape index (κ1) is 13.0. The summed E-state index contributed by atoms with van der Waals surface area (Å²) < 4.78 is 0. The first-order valence-electron chi connectivity index (χ1n) is 5.89. The molecule has 0 aliphatic heterocycles. The van der Waals surface area contributed by atoms with Gasteiger partial charge in [0.2, 0.25) is 0 Å². The van der Waals surface area contributed by atoms with Gasteiger partial charge in [-0.05, 0) is 18.5 Å². The predicted molar refractivity (Wildman–Crippen MR) is 77.4 cm³/mol. The van der Waals surface area contributed by atoms with Gasteiger partial charge in [-0.15, -0.1) is 0 Å². The first-order chi connectivity index (χ1) is 7.51. The van der Waals surface area contributed by atoms with Crippen molar-refractivity contribution in [1.29, 1.82) is 0 Å². The van der Waals surface area contributed by atoms with Crippen LogP contribution in [0.3, 0.4) is 0 Å². The Morgan fingerprint density at radius 2 is 1.75 bits per heavy atom. The van der Waals surface area contributed by atoms with E-state index in [0.717, 1.165) is 0 Å². The molecular weight excluding hydrogens is 208 g/mol. The maximum atomic E-state index is 2.41. The van der Waals surface area contributed by atoms with Crippen molar-refractivity contribution in [3.8, 4) is 0 Å². The molecular formula is C15H22Si. The molecule has 0 spiro atoms. The van der Waals surface area contributed by atoms with Gasteiger partial charge in [0.1, 0.15) is 0 Å². The van der Waals surface area contributed by atoms with Crippen molar-refractivity contribution in [2.24, 2.45) is 0 Å². The second-order valence-electron chi connectivity index (χ2n) is 5.35. The van der Waals surface area contributed by atoms with Crippen LogP contribution in [0.4, 0.5) is 0 Å². The molecule has 0 aromatic heterocycles. The molecule has 0 bridgehead atoms. The maximum absolute atomic E-state index is 2.41. The summed E-state index contributed by atoms with van der Waals surface area (Å²) in [5.74, 6) is 0. The van der Waals surface area contributed by atoms with Crippen molar-refractivity contribution in [3.63, 3.8) is 0 Å². The molecule has 0 saturated carbocycles. The predicted octanol–water partition coefficient (Wildman–Crippen LogP) is 4.98. The number of hydrogen-bond donors (Lipinski definition) is 0. The Morgan fingerprint density at radius 1 is 1.12 bits per heavy atom. The molecule has 86 valence electrons. The van der Waals surface area contributed by atoms with Crippen LogP contribution in [0.1, 0.15) is 12.5 Å². The molecule has 0 heterocycles. The smallest absolute Gasteiger partial charge is 0.0486 e. The van der Waals surface area contributed by atoms with Crippen LogP contribution >= 0.6 is 0 Å². The number of benzene rings is 1. The Morgan fingerprint density at radius 3 is 2.25 bits per heavy atom. The molecule has 1 heteroatoms. The lowest BCUT2D eigenvalue weighted by atomic mass is 10.2. The summed E-state index contributed by atoms with van der Waals surface area (Å²) in [6.45, 7) is 9.36. The average Bonchev–Trinajstić information content (AvgIpc) is 2.24. The van der Waals surface area contributed by atoms with Gasteiger partial charge < -0.3 is 0 Å². The van der Waals surface area contributed by atoms with Crippen LogP contribution in [-0.4, -0.2) is 8.07 Å². The Hall–Kier alpha value is -1.08. The van der Waals surface area contributed by atoms with Gasteiger partial charge in [0.05, 0.1) is 0 Å². The highest BCUT2D eigenvalue weighted by molar-refractivity contribution is 6.76. The van der Waals surface area contributed by atoms with E-state index < -0.39 is 8.07 Å². The molecule has 0 nitrogen and oxygen atoms in total. The fourth-order valence-electron chi connectivity index (χ4n) is 1.64. The van der Waals surface area contributed by atoms with E-state index in [1.807, 2.05) is 0 Å². The van der Waals surface area contributed by atoms with Gasteiger partial charge in [0, 0.05) is 8.07 Å². The molecule has 0 saturated heterocycles. The molecule has 0 radical (unpaired) electrons. The summed E-state index contributed by atoms with van der Waals surface area (Å²) in [4.78, 5) is 0. The van der Waals surface area contributed by atoms with Crippen LogP contribution in [0.2, 0.25) is 25.7 Å². The molecule has 0 aliphatic rings. The third-order valence-electron chi connectivity index (χ3n) is 2.39. The van der Waals surface area contributed by atoms with Crippen molar-refractivity contribution in [2.45, 2.75) is 32.6 Å². The van der Waals surface area contributed by atoms with Gasteiger partial charge in [0.25, 0.3) is 0 Å². The van der Waals surface area contributed by atoms with E-state index >= 15 is 0 Å². The van der Waals surface area contributed by atoms with Crippen molar-refractivity contribution in [1.82, 2.24) is 0 Å². The minimum absolute atomic E-state index is 0.999. The zero-order valence-corrected chi connectivity index (χ0v) is 11.8. The SMILES string of the molecule is C/C=C(/C=C/c1ccccc1)C[Si](C)(C)C. The van der Waals surface area contributed by atoms with Gasteiger partial charge in [-0.25, -0.2) is 0 Å². The number of allylic oxidation sites excluding steroid dienone is 3. The number of rotatable bonds is 4. The Bertz CT molecular complexity index is 366. The largest absolute Gasteiger partial charge is 0.0847 e. The van der Waals surface area contributed by atoms with E-state index in [1.54, 1.807) is 0 Å². The van der Waals surface area contributed by atoms with Crippen LogP contribution in [0.15, 0.2) is 48.1 Å². The number of hydrogen-bond acceptors (Lipinski definition) is 0. The van der Waals surface area contributed by atoms with Crippen LogP contribution in [0, 0.1) is 0 Å². The summed E-state index contributed by atoms with van der Waals surface area (Å²) in [5, 5.41) is 0. The monoisotopic (exact) mass is 230 g/mol. The second-order valence-corrected chi connectivity index (χ2v) is 10.8.